The molecule has 0 bridgehead atoms. The van der Waals surface area contributed by atoms with E-state index in [0.29, 0.717) is 13.1 Å². The number of hydrogen-bond acceptors (Lipinski definition) is 2. The third kappa shape index (κ3) is 5.07. The molecule has 112 valence electrons. The van der Waals surface area contributed by atoms with Crippen LogP contribution >= 0.6 is 11.8 Å². The van der Waals surface area contributed by atoms with Crippen LogP contribution in [0, 0.1) is 0 Å². The van der Waals surface area contributed by atoms with Gasteiger partial charge in [-0.25, -0.2) is 0 Å². The van der Waals surface area contributed by atoms with Gasteiger partial charge in [0, 0.05) is 18.0 Å². The van der Waals surface area contributed by atoms with Crippen LogP contribution in [-0.2, 0) is 0 Å². The molecule has 0 radical (unpaired) electrons. The van der Waals surface area contributed by atoms with Gasteiger partial charge in [-0.1, -0.05) is 25.5 Å². The lowest BCUT2D eigenvalue weighted by Crippen LogP contribution is -2.32. The van der Waals surface area contributed by atoms with Crippen molar-refractivity contribution in [3.8, 4) is 0 Å². The van der Waals surface area contributed by atoms with Crippen molar-refractivity contribution in [2.75, 3.05) is 13.1 Å². The first-order valence-electron chi connectivity index (χ1n) is 6.53. The number of carbonyl (C=O) groups excluding carboxylic acids is 1. The number of benzene rings is 1. The van der Waals surface area contributed by atoms with Gasteiger partial charge in [-0.05, 0) is 37.2 Å². The summed E-state index contributed by atoms with van der Waals surface area (Å²) >= 11 is -0.240. The van der Waals surface area contributed by atoms with Crippen molar-refractivity contribution in [1.29, 1.82) is 0 Å². The second-order valence-corrected chi connectivity index (χ2v) is 5.39. The minimum Gasteiger partial charge on any atom is -0.339 e. The molecule has 0 saturated carbocycles. The lowest BCUT2D eigenvalue weighted by molar-refractivity contribution is -0.0328. The fraction of sp³-hybridized carbons (Fsp3) is 0.500. The number of unbranched alkanes of at least 4 members (excludes halogenated alkanes) is 1. The van der Waals surface area contributed by atoms with Gasteiger partial charge >= 0.3 is 5.51 Å². The number of halogens is 3. The monoisotopic (exact) mass is 305 g/mol. The maximum Gasteiger partial charge on any atom is 0.446 e. The molecule has 0 unspecified atom stereocenters. The molecule has 0 aliphatic carbocycles. The smallest absolute Gasteiger partial charge is 0.339 e. The molecule has 0 saturated heterocycles. The van der Waals surface area contributed by atoms with Crippen LogP contribution in [0.25, 0.3) is 0 Å². The van der Waals surface area contributed by atoms with Crippen molar-refractivity contribution in [2.45, 2.75) is 37.1 Å². The van der Waals surface area contributed by atoms with E-state index in [0.717, 1.165) is 12.8 Å². The fourth-order valence-electron chi connectivity index (χ4n) is 1.78. The van der Waals surface area contributed by atoms with Crippen LogP contribution in [0.4, 0.5) is 13.2 Å². The van der Waals surface area contributed by atoms with Crippen LogP contribution in [0.5, 0.6) is 0 Å². The Labute approximate surface area is 121 Å². The molecule has 1 aromatic rings. The molecular formula is C14H18F3NOS. The predicted octanol–water partition coefficient (Wildman–Crippen LogP) is 4.56. The molecule has 2 nitrogen and oxygen atoms in total. The second kappa shape index (κ2) is 7.57. The van der Waals surface area contributed by atoms with E-state index in [1.54, 1.807) is 11.0 Å². The number of rotatable bonds is 6. The van der Waals surface area contributed by atoms with E-state index >= 15 is 0 Å². The number of carbonyl (C=O) groups is 1. The van der Waals surface area contributed by atoms with Crippen LogP contribution in [0.1, 0.15) is 37.0 Å². The van der Waals surface area contributed by atoms with Gasteiger partial charge in [0.15, 0.2) is 0 Å². The molecular weight excluding hydrogens is 287 g/mol. The fourth-order valence-corrected chi connectivity index (χ4v) is 2.44. The molecule has 0 aromatic heterocycles. The zero-order valence-electron chi connectivity index (χ0n) is 11.5. The quantitative estimate of drug-likeness (QED) is 0.718. The highest BCUT2D eigenvalue weighted by Gasteiger charge is 2.31. The lowest BCUT2D eigenvalue weighted by atomic mass is 10.2. The first-order valence-corrected chi connectivity index (χ1v) is 7.34. The van der Waals surface area contributed by atoms with Crippen LogP contribution in [-0.4, -0.2) is 29.4 Å². The van der Waals surface area contributed by atoms with E-state index in [2.05, 4.69) is 0 Å². The standard InChI is InChI=1S/C14H18F3NOS/c1-3-5-10-18(4-2)13(19)11-8-6-7-9-12(11)20-14(15,16)17/h6-9H,3-5,10H2,1-2H3. The van der Waals surface area contributed by atoms with Crippen LogP contribution in [0.2, 0.25) is 0 Å². The van der Waals surface area contributed by atoms with Gasteiger partial charge in [-0.2, -0.15) is 13.2 Å². The molecule has 0 fully saturated rings. The van der Waals surface area contributed by atoms with Gasteiger partial charge in [0.25, 0.3) is 5.91 Å². The number of nitrogens with zero attached hydrogens (tertiary/aromatic N) is 1. The Morgan fingerprint density at radius 2 is 1.90 bits per heavy atom. The Bertz CT molecular complexity index is 448. The largest absolute Gasteiger partial charge is 0.446 e. The van der Waals surface area contributed by atoms with Crippen LogP contribution in [0.15, 0.2) is 29.2 Å². The molecule has 0 aliphatic heterocycles. The van der Waals surface area contributed by atoms with Crippen LogP contribution < -0.4 is 0 Å². The second-order valence-electron chi connectivity index (χ2n) is 4.28. The molecule has 0 atom stereocenters. The summed E-state index contributed by atoms with van der Waals surface area (Å²) in [5.41, 5.74) is -4.27. The van der Waals surface area contributed by atoms with Gasteiger partial charge < -0.3 is 4.90 Å². The van der Waals surface area contributed by atoms with E-state index in [1.165, 1.54) is 18.2 Å². The average Bonchev–Trinajstić information content (AvgIpc) is 2.38. The Hall–Kier alpha value is -1.17. The summed E-state index contributed by atoms with van der Waals surface area (Å²) < 4.78 is 37.5. The van der Waals surface area contributed by atoms with E-state index in [9.17, 15) is 18.0 Å². The first kappa shape index (κ1) is 16.9. The molecule has 1 rings (SSSR count). The van der Waals surface area contributed by atoms with Gasteiger partial charge in [-0.15, -0.1) is 0 Å². The molecule has 6 heteroatoms. The van der Waals surface area contributed by atoms with Crippen molar-refractivity contribution < 1.29 is 18.0 Å². The van der Waals surface area contributed by atoms with E-state index in [4.69, 9.17) is 0 Å². The SMILES string of the molecule is CCCCN(CC)C(=O)c1ccccc1SC(F)(F)F. The van der Waals surface area contributed by atoms with Gasteiger partial charge in [0.2, 0.25) is 0 Å². The summed E-state index contributed by atoms with van der Waals surface area (Å²) in [6, 6.07) is 5.87. The third-order valence-corrected chi connectivity index (χ3v) is 3.60. The summed E-state index contributed by atoms with van der Waals surface area (Å²) in [4.78, 5) is 13.9. The molecule has 1 aromatic carbocycles. The van der Waals surface area contributed by atoms with E-state index in [-0.39, 0.29) is 28.1 Å². The molecule has 0 N–H and O–H groups in total. The highest BCUT2D eigenvalue weighted by atomic mass is 32.2. The Balaban J connectivity index is 2.96. The van der Waals surface area contributed by atoms with E-state index in [1.807, 2.05) is 13.8 Å². The minimum atomic E-state index is -4.39. The van der Waals surface area contributed by atoms with E-state index < -0.39 is 5.51 Å². The number of alkyl halides is 3. The van der Waals surface area contributed by atoms with Gasteiger partial charge in [0.05, 0.1) is 5.56 Å². The first-order chi connectivity index (χ1) is 9.39. The predicted molar refractivity (Wildman–Crippen MR) is 74.8 cm³/mol. The molecule has 0 heterocycles. The zero-order valence-corrected chi connectivity index (χ0v) is 12.4. The Kier molecular flexibility index (Phi) is 6.39. The van der Waals surface area contributed by atoms with Gasteiger partial charge in [-0.3, -0.25) is 4.79 Å². The normalized spacial score (nSPS) is 11.4. The summed E-state index contributed by atoms with van der Waals surface area (Å²) in [5.74, 6) is -0.340. The van der Waals surface area contributed by atoms with Crippen molar-refractivity contribution in [3.05, 3.63) is 29.8 Å². The Morgan fingerprint density at radius 1 is 1.25 bits per heavy atom. The highest BCUT2D eigenvalue weighted by molar-refractivity contribution is 8.00. The van der Waals surface area contributed by atoms with Crippen molar-refractivity contribution in [2.24, 2.45) is 0 Å². The summed E-state index contributed by atoms with van der Waals surface area (Å²) in [6.45, 7) is 4.89. The number of amides is 1. The average molecular weight is 305 g/mol. The number of hydrogen-bond donors (Lipinski definition) is 0. The molecule has 0 spiro atoms. The molecule has 0 aliphatic rings. The zero-order chi connectivity index (χ0) is 15.2. The van der Waals surface area contributed by atoms with Gasteiger partial charge in [0.1, 0.15) is 0 Å². The summed E-state index contributed by atoms with van der Waals surface area (Å²) in [6.07, 6.45) is 1.77. The maximum atomic E-state index is 12.5. The third-order valence-electron chi connectivity index (χ3n) is 2.79. The van der Waals surface area contributed by atoms with Crippen molar-refractivity contribution in [3.63, 3.8) is 0 Å². The lowest BCUT2D eigenvalue weighted by Gasteiger charge is -2.22. The topological polar surface area (TPSA) is 20.3 Å². The van der Waals surface area contributed by atoms with Crippen molar-refractivity contribution >= 4 is 17.7 Å². The Morgan fingerprint density at radius 3 is 2.45 bits per heavy atom. The molecule has 20 heavy (non-hydrogen) atoms. The highest BCUT2D eigenvalue weighted by Crippen LogP contribution is 2.38. The molecule has 1 amide bonds. The van der Waals surface area contributed by atoms with Crippen molar-refractivity contribution in [1.82, 2.24) is 4.90 Å². The van der Waals surface area contributed by atoms with Crippen LogP contribution in [0.3, 0.4) is 0 Å². The summed E-state index contributed by atoms with van der Waals surface area (Å²) in [7, 11) is 0. The maximum absolute atomic E-state index is 12.5. The number of thioether (sulfide) groups is 1. The summed E-state index contributed by atoms with van der Waals surface area (Å²) in [5, 5.41) is 0. The minimum absolute atomic E-state index is 0.0417.